The quantitative estimate of drug-likeness (QED) is 0.414. The highest BCUT2D eigenvalue weighted by Crippen LogP contribution is 2.15. The van der Waals surface area contributed by atoms with E-state index in [0.29, 0.717) is 11.8 Å². The molecule has 0 spiro atoms. The maximum atomic E-state index is 11.2. The zero-order valence-electron chi connectivity index (χ0n) is 11.6. The number of ether oxygens (including phenoxy) is 2. The Hall–Kier alpha value is -2.09. The van der Waals surface area contributed by atoms with Gasteiger partial charge in [-0.15, -0.1) is 5.10 Å². The zero-order valence-corrected chi connectivity index (χ0v) is 12.5. The molecular formula is C13H16N4O3S. The minimum absolute atomic E-state index is 0.0202. The molecule has 0 fully saturated rings. The highest BCUT2D eigenvalue weighted by Gasteiger charge is 2.10. The molecule has 0 bridgehead atoms. The van der Waals surface area contributed by atoms with Gasteiger partial charge in [0.2, 0.25) is 5.16 Å². The fourth-order valence-electron chi connectivity index (χ4n) is 1.52. The van der Waals surface area contributed by atoms with Crippen LogP contribution in [0.3, 0.4) is 0 Å². The van der Waals surface area contributed by atoms with Crippen molar-refractivity contribution in [3.63, 3.8) is 0 Å². The van der Waals surface area contributed by atoms with Gasteiger partial charge in [-0.25, -0.2) is 4.68 Å². The van der Waals surface area contributed by atoms with Gasteiger partial charge in [-0.05, 0) is 29.0 Å². The van der Waals surface area contributed by atoms with Crippen LogP contribution in [-0.4, -0.2) is 45.6 Å². The Balaban J connectivity index is 1.69. The van der Waals surface area contributed by atoms with Crippen LogP contribution in [0.4, 0.5) is 0 Å². The van der Waals surface area contributed by atoms with Crippen molar-refractivity contribution in [1.82, 2.24) is 20.2 Å². The number of aromatic nitrogens is 4. The van der Waals surface area contributed by atoms with Crippen LogP contribution in [0.2, 0.25) is 0 Å². The van der Waals surface area contributed by atoms with E-state index >= 15 is 0 Å². The molecule has 2 rings (SSSR count). The molecule has 0 amide bonds. The van der Waals surface area contributed by atoms with Gasteiger partial charge in [0, 0.05) is 5.75 Å². The third-order valence-electron chi connectivity index (χ3n) is 2.54. The number of para-hydroxylation sites is 1. The van der Waals surface area contributed by atoms with Crippen LogP contribution in [0.1, 0.15) is 6.42 Å². The zero-order chi connectivity index (χ0) is 14.9. The molecule has 0 saturated heterocycles. The molecule has 1 aromatic carbocycles. The number of benzene rings is 1. The van der Waals surface area contributed by atoms with E-state index < -0.39 is 0 Å². The SMILES string of the molecule is COC(=O)Cn1nnnc1SCCCOc1ccccc1. The van der Waals surface area contributed by atoms with Crippen molar-refractivity contribution in [2.45, 2.75) is 18.1 Å². The molecule has 0 N–H and O–H groups in total. The number of hydrogen-bond donors (Lipinski definition) is 0. The van der Waals surface area contributed by atoms with Crippen LogP contribution < -0.4 is 4.74 Å². The van der Waals surface area contributed by atoms with Crippen LogP contribution in [0, 0.1) is 0 Å². The van der Waals surface area contributed by atoms with E-state index in [4.69, 9.17) is 4.74 Å². The molecule has 7 nitrogen and oxygen atoms in total. The summed E-state index contributed by atoms with van der Waals surface area (Å²) in [4.78, 5) is 11.2. The lowest BCUT2D eigenvalue weighted by molar-refractivity contribution is -0.141. The van der Waals surface area contributed by atoms with Crippen LogP contribution in [-0.2, 0) is 16.1 Å². The van der Waals surface area contributed by atoms with E-state index in [-0.39, 0.29) is 12.5 Å². The summed E-state index contributed by atoms with van der Waals surface area (Å²) in [7, 11) is 1.33. The number of rotatable bonds is 8. The molecule has 8 heteroatoms. The predicted octanol–water partition coefficient (Wildman–Crippen LogP) is 1.41. The van der Waals surface area contributed by atoms with Gasteiger partial charge < -0.3 is 9.47 Å². The summed E-state index contributed by atoms with van der Waals surface area (Å²) in [5.74, 6) is 1.28. The molecule has 1 aromatic heterocycles. The lowest BCUT2D eigenvalue weighted by Crippen LogP contribution is -2.14. The molecule has 0 aliphatic carbocycles. The number of carbonyl (C=O) groups excluding carboxylic acids is 1. The van der Waals surface area contributed by atoms with Gasteiger partial charge in [-0.1, -0.05) is 30.0 Å². The summed E-state index contributed by atoms with van der Waals surface area (Å²) < 4.78 is 11.6. The highest BCUT2D eigenvalue weighted by atomic mass is 32.2. The second-order valence-electron chi connectivity index (χ2n) is 4.06. The Bertz CT molecular complexity index is 562. The first kappa shape index (κ1) is 15.3. The second kappa shape index (κ2) is 8.25. The summed E-state index contributed by atoms with van der Waals surface area (Å²) >= 11 is 1.48. The molecule has 0 aliphatic rings. The van der Waals surface area contributed by atoms with Gasteiger partial charge in [-0.2, -0.15) is 0 Å². The Kier molecular flexibility index (Phi) is 6.01. The summed E-state index contributed by atoms with van der Waals surface area (Å²) in [5.41, 5.74) is 0. The van der Waals surface area contributed by atoms with Gasteiger partial charge in [0.1, 0.15) is 12.3 Å². The maximum Gasteiger partial charge on any atom is 0.327 e. The molecule has 0 radical (unpaired) electrons. The monoisotopic (exact) mass is 308 g/mol. The average molecular weight is 308 g/mol. The van der Waals surface area contributed by atoms with E-state index in [9.17, 15) is 4.79 Å². The van der Waals surface area contributed by atoms with Crippen molar-refractivity contribution in [1.29, 1.82) is 0 Å². The summed E-state index contributed by atoms with van der Waals surface area (Å²) in [6.07, 6.45) is 0.852. The highest BCUT2D eigenvalue weighted by molar-refractivity contribution is 7.99. The number of nitrogens with zero attached hydrogens (tertiary/aromatic N) is 4. The molecule has 1 heterocycles. The fraction of sp³-hybridized carbons (Fsp3) is 0.385. The standard InChI is InChI=1S/C13H16N4O3S/c1-19-12(18)10-17-13(14-15-16-17)21-9-5-8-20-11-6-3-2-4-7-11/h2-4,6-7H,5,8-10H2,1H3. The first-order chi connectivity index (χ1) is 10.3. The molecule has 0 atom stereocenters. The summed E-state index contributed by atoms with van der Waals surface area (Å²) in [5, 5.41) is 11.8. The van der Waals surface area contributed by atoms with E-state index in [2.05, 4.69) is 20.3 Å². The predicted molar refractivity (Wildman–Crippen MR) is 77.1 cm³/mol. The molecule has 21 heavy (non-hydrogen) atoms. The smallest absolute Gasteiger partial charge is 0.327 e. The van der Waals surface area contributed by atoms with Crippen molar-refractivity contribution in [2.75, 3.05) is 19.5 Å². The average Bonchev–Trinajstić information content (AvgIpc) is 2.95. The Labute approximate surface area is 126 Å². The van der Waals surface area contributed by atoms with Crippen molar-refractivity contribution in [2.24, 2.45) is 0 Å². The van der Waals surface area contributed by atoms with Crippen molar-refractivity contribution < 1.29 is 14.3 Å². The van der Waals surface area contributed by atoms with Crippen molar-refractivity contribution in [3.05, 3.63) is 30.3 Å². The number of hydrogen-bond acceptors (Lipinski definition) is 7. The molecule has 112 valence electrons. The Morgan fingerprint density at radius 3 is 2.90 bits per heavy atom. The van der Waals surface area contributed by atoms with Crippen LogP contribution in [0.5, 0.6) is 5.75 Å². The van der Waals surface area contributed by atoms with Gasteiger partial charge in [0.15, 0.2) is 0 Å². The number of thioether (sulfide) groups is 1. The first-order valence-electron chi connectivity index (χ1n) is 6.43. The van der Waals surface area contributed by atoms with Crippen molar-refractivity contribution >= 4 is 17.7 Å². The molecular weight excluding hydrogens is 292 g/mol. The molecule has 2 aromatic rings. The summed E-state index contributed by atoms with van der Waals surface area (Å²) in [6.45, 7) is 0.641. The topological polar surface area (TPSA) is 79.1 Å². The Morgan fingerprint density at radius 2 is 2.14 bits per heavy atom. The minimum Gasteiger partial charge on any atom is -0.494 e. The minimum atomic E-state index is -0.378. The van der Waals surface area contributed by atoms with E-state index in [1.807, 2.05) is 30.3 Å². The number of esters is 1. The second-order valence-corrected chi connectivity index (χ2v) is 5.12. The maximum absolute atomic E-state index is 11.2. The van der Waals surface area contributed by atoms with Crippen molar-refractivity contribution in [3.8, 4) is 5.75 Å². The number of methoxy groups -OCH3 is 1. The lowest BCUT2D eigenvalue weighted by atomic mass is 10.3. The van der Waals surface area contributed by atoms with Gasteiger partial charge >= 0.3 is 5.97 Å². The largest absolute Gasteiger partial charge is 0.494 e. The summed E-state index contributed by atoms with van der Waals surface area (Å²) in [6, 6.07) is 9.66. The molecule has 0 saturated carbocycles. The number of carbonyl (C=O) groups is 1. The van der Waals surface area contributed by atoms with E-state index in [0.717, 1.165) is 17.9 Å². The van der Waals surface area contributed by atoms with Gasteiger partial charge in [0.25, 0.3) is 0 Å². The normalized spacial score (nSPS) is 10.3. The van der Waals surface area contributed by atoms with E-state index in [1.54, 1.807) is 0 Å². The van der Waals surface area contributed by atoms with Crippen LogP contribution in [0.25, 0.3) is 0 Å². The third kappa shape index (κ3) is 5.07. The first-order valence-corrected chi connectivity index (χ1v) is 7.42. The van der Waals surface area contributed by atoms with Crippen LogP contribution >= 0.6 is 11.8 Å². The molecule has 0 aliphatic heterocycles. The molecule has 0 unspecified atom stereocenters. The fourth-order valence-corrected chi connectivity index (χ4v) is 2.30. The lowest BCUT2D eigenvalue weighted by Gasteiger charge is -2.05. The number of tetrazole rings is 1. The van der Waals surface area contributed by atoms with Gasteiger partial charge in [-0.3, -0.25) is 4.79 Å². The van der Waals surface area contributed by atoms with Crippen LogP contribution in [0.15, 0.2) is 35.5 Å². The Morgan fingerprint density at radius 1 is 1.33 bits per heavy atom. The van der Waals surface area contributed by atoms with Gasteiger partial charge in [0.05, 0.1) is 13.7 Å². The van der Waals surface area contributed by atoms with E-state index in [1.165, 1.54) is 23.6 Å². The third-order valence-corrected chi connectivity index (χ3v) is 3.58.